The first-order chi connectivity index (χ1) is 14.3. The molecule has 0 aromatic heterocycles. The van der Waals surface area contributed by atoms with Crippen LogP contribution in [0.5, 0.6) is 0 Å². The summed E-state index contributed by atoms with van der Waals surface area (Å²) in [5.41, 5.74) is 10.9. The molecular weight excluding hydrogens is 439 g/mol. The molecule has 1 saturated carbocycles. The number of amides is 2. The molecule has 0 bridgehead atoms. The van der Waals surface area contributed by atoms with E-state index in [9.17, 15) is 19.1 Å². The first-order valence-electron chi connectivity index (χ1n) is 10.0. The maximum absolute atomic E-state index is 14.8. The molecule has 2 aliphatic rings. The van der Waals surface area contributed by atoms with Gasteiger partial charge in [0.25, 0.3) is 0 Å². The number of nitrogens with two attached hydrogens (primary N) is 2. The molecule has 3 rings (SSSR count). The zero-order valence-electron chi connectivity index (χ0n) is 18.1. The van der Waals surface area contributed by atoms with Crippen LogP contribution in [0.3, 0.4) is 0 Å². The van der Waals surface area contributed by atoms with Crippen molar-refractivity contribution in [1.82, 2.24) is 4.90 Å². The smallest absolute Gasteiger partial charge is 0.415 e. The van der Waals surface area contributed by atoms with E-state index >= 15 is 0 Å². The third-order valence-electron chi connectivity index (χ3n) is 5.82. The highest BCUT2D eigenvalue weighted by Crippen LogP contribution is 2.66. The molecule has 1 aliphatic carbocycles. The lowest BCUT2D eigenvalue weighted by Gasteiger charge is -2.36. The predicted octanol–water partition coefficient (Wildman–Crippen LogP) is 3.26. The molecule has 8 nitrogen and oxygen atoms in total. The van der Waals surface area contributed by atoms with E-state index in [0.29, 0.717) is 18.7 Å². The van der Waals surface area contributed by atoms with Crippen LogP contribution in [0.4, 0.5) is 14.9 Å². The average Bonchev–Trinajstić information content (AvgIpc) is 3.39. The van der Waals surface area contributed by atoms with Gasteiger partial charge in [0.2, 0.25) is 5.91 Å². The Morgan fingerprint density at radius 3 is 2.68 bits per heavy atom. The van der Waals surface area contributed by atoms with Gasteiger partial charge >= 0.3 is 6.09 Å². The van der Waals surface area contributed by atoms with Gasteiger partial charge in [-0.15, -0.1) is 0 Å². The average molecular weight is 469 g/mol. The highest BCUT2D eigenvalue weighted by molar-refractivity contribution is 8.16. The normalized spacial score (nSPS) is 27.3. The first kappa shape index (κ1) is 23.5. The number of amidine groups is 1. The van der Waals surface area contributed by atoms with Crippen molar-refractivity contribution < 1.29 is 23.8 Å². The van der Waals surface area contributed by atoms with Crippen molar-refractivity contribution in [1.29, 1.82) is 0 Å². The van der Waals surface area contributed by atoms with E-state index in [1.807, 2.05) is 0 Å². The monoisotopic (exact) mass is 468 g/mol. The lowest BCUT2D eigenvalue weighted by Crippen LogP contribution is -2.46. The summed E-state index contributed by atoms with van der Waals surface area (Å²) in [7, 11) is -1.35. The van der Waals surface area contributed by atoms with Gasteiger partial charge in [0.1, 0.15) is 17.3 Å². The second kappa shape index (κ2) is 8.10. The van der Waals surface area contributed by atoms with Gasteiger partial charge in [-0.3, -0.25) is 9.79 Å². The van der Waals surface area contributed by atoms with Crippen LogP contribution < -0.4 is 11.5 Å². The van der Waals surface area contributed by atoms with Gasteiger partial charge in [-0.1, -0.05) is 31.4 Å². The summed E-state index contributed by atoms with van der Waals surface area (Å²) in [5.74, 6) is -1.47. The van der Waals surface area contributed by atoms with Crippen molar-refractivity contribution in [2.75, 3.05) is 19.1 Å². The second-order valence-corrected chi connectivity index (χ2v) is 16.4. The van der Waals surface area contributed by atoms with Gasteiger partial charge in [-0.25, -0.2) is 14.1 Å². The Bertz CT molecular complexity index is 940. The summed E-state index contributed by atoms with van der Waals surface area (Å²) < 4.78 is 19.3. The number of fused-ring (bicyclic) bond motifs is 1. The number of thioether (sulfide) groups is 1. The quantitative estimate of drug-likeness (QED) is 0.244. The van der Waals surface area contributed by atoms with E-state index in [4.69, 9.17) is 16.2 Å². The fourth-order valence-electron chi connectivity index (χ4n) is 3.82. The molecule has 0 saturated heterocycles. The molecule has 1 aromatic rings. The van der Waals surface area contributed by atoms with E-state index in [0.717, 1.165) is 22.7 Å². The second-order valence-electron chi connectivity index (χ2n) is 9.45. The molecule has 0 radical (unpaired) electrons. The summed E-state index contributed by atoms with van der Waals surface area (Å²) in [6.45, 7) is 8.46. The predicted molar refractivity (Wildman–Crippen MR) is 122 cm³/mol. The van der Waals surface area contributed by atoms with Crippen LogP contribution in [-0.2, 0) is 15.1 Å². The van der Waals surface area contributed by atoms with Crippen LogP contribution in [0.1, 0.15) is 18.9 Å². The Kier molecular flexibility index (Phi) is 6.15. The van der Waals surface area contributed by atoms with Crippen LogP contribution >= 0.6 is 11.8 Å². The number of aliphatic imine (C=N–C) groups is 1. The van der Waals surface area contributed by atoms with Gasteiger partial charge in [0.15, 0.2) is 5.17 Å². The molecule has 2 amide bonds. The Labute approximate surface area is 186 Å². The van der Waals surface area contributed by atoms with E-state index in [1.165, 1.54) is 18.2 Å². The largest absolute Gasteiger partial charge is 0.465 e. The number of carbonyl (C=O) groups is 2. The number of carbonyl (C=O) groups excluding carboxylic acids is 1. The van der Waals surface area contributed by atoms with Crippen molar-refractivity contribution in [3.05, 3.63) is 29.6 Å². The number of nitrogen functional groups attached to an aromatic ring is 1. The van der Waals surface area contributed by atoms with Gasteiger partial charge in [0.05, 0.1) is 5.54 Å². The summed E-state index contributed by atoms with van der Waals surface area (Å²) in [6.07, 6.45) is -0.900. The molecule has 170 valence electrons. The number of nitrogens with zero attached hydrogens (tertiary/aromatic N) is 2. The molecule has 1 fully saturated rings. The number of carboxylic acid groups (broad SMARTS) is 1. The molecule has 1 aromatic carbocycles. The maximum atomic E-state index is 14.8. The third-order valence-corrected chi connectivity index (χ3v) is 9.04. The third kappa shape index (κ3) is 4.58. The van der Waals surface area contributed by atoms with Crippen LogP contribution in [0.2, 0.25) is 25.7 Å². The number of halogens is 1. The van der Waals surface area contributed by atoms with E-state index < -0.39 is 36.2 Å². The van der Waals surface area contributed by atoms with E-state index in [2.05, 4.69) is 24.6 Å². The fraction of sp³-hybridized carbons (Fsp3) is 0.550. The fourth-order valence-corrected chi connectivity index (χ4v) is 6.10. The molecule has 3 atom stereocenters. The standard InChI is InChI=1S/C20H29FN4O4SSi/c1-19(13-9-12(22)5-6-14(13)21)15-10-20(15,16(23)26)30-17(24-19)25(18(27)28)11-29-7-8-31(2,3)4/h5-6,9,15H,7-8,10-11,22H2,1-4H3,(H2,23,26)(H,27,28)/t15-,19+,20-/m0/s1. The maximum Gasteiger partial charge on any atom is 0.415 e. The van der Waals surface area contributed by atoms with Crippen molar-refractivity contribution in [3.63, 3.8) is 0 Å². The SMILES string of the molecule is C[C@]1(c2cc(N)ccc2F)N=C(N(COCC[Si](C)(C)C)C(=O)O)S[C@@]2(C(N)=O)C[C@H]21. The van der Waals surface area contributed by atoms with Crippen molar-refractivity contribution in [3.8, 4) is 0 Å². The Balaban J connectivity index is 1.96. The number of ether oxygens (including phenoxy) is 1. The van der Waals surface area contributed by atoms with E-state index in [1.54, 1.807) is 6.92 Å². The highest BCUT2D eigenvalue weighted by Gasteiger charge is 2.70. The minimum atomic E-state index is -1.35. The summed E-state index contributed by atoms with van der Waals surface area (Å²) in [4.78, 5) is 29.9. The molecule has 1 heterocycles. The minimum Gasteiger partial charge on any atom is -0.465 e. The first-order valence-corrected chi connectivity index (χ1v) is 14.5. The number of rotatable bonds is 7. The van der Waals surface area contributed by atoms with Crippen LogP contribution in [0.15, 0.2) is 23.2 Å². The Hall–Kier alpha value is -2.11. The number of hydrogen-bond acceptors (Lipinski definition) is 6. The molecule has 0 spiro atoms. The molecule has 0 unspecified atom stereocenters. The number of hydrogen-bond donors (Lipinski definition) is 3. The van der Waals surface area contributed by atoms with Crippen molar-refractivity contribution in [2.24, 2.45) is 16.6 Å². The van der Waals surface area contributed by atoms with E-state index in [-0.39, 0.29) is 23.4 Å². The summed E-state index contributed by atoms with van der Waals surface area (Å²) in [5, 5.41) is 9.86. The van der Waals surface area contributed by atoms with Gasteiger partial charge in [-0.2, -0.15) is 0 Å². The number of benzene rings is 1. The molecule has 5 N–H and O–H groups in total. The lowest BCUT2D eigenvalue weighted by atomic mass is 9.85. The lowest BCUT2D eigenvalue weighted by molar-refractivity contribution is -0.118. The zero-order valence-corrected chi connectivity index (χ0v) is 20.0. The van der Waals surface area contributed by atoms with Crippen molar-refractivity contribution >= 4 is 42.7 Å². The minimum absolute atomic E-state index is 0.0670. The topological polar surface area (TPSA) is 131 Å². The zero-order chi connectivity index (χ0) is 23.2. The number of primary amides is 1. The Morgan fingerprint density at radius 1 is 1.42 bits per heavy atom. The molecule has 1 aliphatic heterocycles. The van der Waals surface area contributed by atoms with Gasteiger partial charge in [0, 0.05) is 31.8 Å². The number of anilines is 1. The van der Waals surface area contributed by atoms with Crippen LogP contribution in [-0.4, -0.2) is 53.3 Å². The summed E-state index contributed by atoms with van der Waals surface area (Å²) >= 11 is 1.02. The van der Waals surface area contributed by atoms with Crippen molar-refractivity contribution in [2.45, 2.75) is 49.3 Å². The molecule has 11 heteroatoms. The Morgan fingerprint density at radius 2 is 2.10 bits per heavy atom. The van der Waals surface area contributed by atoms with Crippen LogP contribution in [0, 0.1) is 11.7 Å². The van der Waals surface area contributed by atoms with Crippen LogP contribution in [0.25, 0.3) is 0 Å². The van der Waals surface area contributed by atoms with Gasteiger partial charge in [-0.05, 0) is 37.6 Å². The molecular formula is C20H29FN4O4SSi. The highest BCUT2D eigenvalue weighted by atomic mass is 32.2. The molecule has 31 heavy (non-hydrogen) atoms. The van der Waals surface area contributed by atoms with Gasteiger partial charge < -0.3 is 21.3 Å². The summed E-state index contributed by atoms with van der Waals surface area (Å²) in [6, 6.07) is 5.04.